The summed E-state index contributed by atoms with van der Waals surface area (Å²) in [7, 11) is 1.71. The fourth-order valence-corrected chi connectivity index (χ4v) is 2.40. The second kappa shape index (κ2) is 5.27. The summed E-state index contributed by atoms with van der Waals surface area (Å²) >= 11 is 0. The minimum atomic E-state index is -0.969. The van der Waals surface area contributed by atoms with E-state index >= 15 is 0 Å². The van der Waals surface area contributed by atoms with Gasteiger partial charge in [-0.15, -0.1) is 0 Å². The van der Waals surface area contributed by atoms with Crippen LogP contribution < -0.4 is 11.1 Å². The molecule has 0 saturated heterocycles. The van der Waals surface area contributed by atoms with Gasteiger partial charge in [0.05, 0.1) is 29.1 Å². The van der Waals surface area contributed by atoms with Crippen LogP contribution in [0.25, 0.3) is 0 Å². The predicted octanol–water partition coefficient (Wildman–Crippen LogP) is 1.95. The maximum atomic E-state index is 10.8. The first kappa shape index (κ1) is 12.7. The minimum Gasteiger partial charge on any atom is -0.478 e. The van der Waals surface area contributed by atoms with Crippen LogP contribution in [-0.4, -0.2) is 30.3 Å². The average Bonchev–Trinajstić information content (AvgIpc) is 2.78. The fraction of sp³-hybridized carbons (Fsp3) is 0.462. The number of benzene rings is 1. The number of carbonyl (C=O) groups is 1. The Morgan fingerprint density at radius 1 is 1.50 bits per heavy atom. The molecule has 1 fully saturated rings. The van der Waals surface area contributed by atoms with Crippen LogP contribution in [0.2, 0.25) is 0 Å². The Balaban J connectivity index is 2.12. The van der Waals surface area contributed by atoms with E-state index < -0.39 is 5.97 Å². The van der Waals surface area contributed by atoms with E-state index in [2.05, 4.69) is 5.32 Å². The van der Waals surface area contributed by atoms with Crippen LogP contribution in [0.5, 0.6) is 0 Å². The van der Waals surface area contributed by atoms with Crippen molar-refractivity contribution in [2.24, 2.45) is 0 Å². The highest BCUT2D eigenvalue weighted by Crippen LogP contribution is 2.28. The van der Waals surface area contributed by atoms with Gasteiger partial charge in [0.2, 0.25) is 0 Å². The normalized spacial score (nSPS) is 22.9. The standard InChI is InChI=1S/C13H18N2O3/c1-18-12-4-2-3-11(12)15-10-6-5-8(13(16)17)7-9(10)14/h5-7,11-12,15H,2-4,14H2,1H3,(H,16,17). The Morgan fingerprint density at radius 3 is 2.89 bits per heavy atom. The Morgan fingerprint density at radius 2 is 2.28 bits per heavy atom. The zero-order valence-corrected chi connectivity index (χ0v) is 10.3. The van der Waals surface area contributed by atoms with Crippen molar-refractivity contribution in [3.05, 3.63) is 23.8 Å². The third-order valence-corrected chi connectivity index (χ3v) is 3.39. The largest absolute Gasteiger partial charge is 0.478 e. The fourth-order valence-electron chi connectivity index (χ4n) is 2.40. The van der Waals surface area contributed by atoms with Gasteiger partial charge in [-0.3, -0.25) is 0 Å². The summed E-state index contributed by atoms with van der Waals surface area (Å²) in [5.41, 5.74) is 7.29. The molecule has 2 unspecified atom stereocenters. The van der Waals surface area contributed by atoms with Gasteiger partial charge in [0.15, 0.2) is 0 Å². The van der Waals surface area contributed by atoms with Crippen molar-refractivity contribution in [1.29, 1.82) is 0 Å². The quantitative estimate of drug-likeness (QED) is 0.711. The second-order valence-corrected chi connectivity index (χ2v) is 4.56. The first-order valence-electron chi connectivity index (χ1n) is 6.04. The Bertz CT molecular complexity index is 448. The molecule has 18 heavy (non-hydrogen) atoms. The first-order valence-corrected chi connectivity index (χ1v) is 6.04. The Labute approximate surface area is 106 Å². The molecule has 1 aliphatic carbocycles. The van der Waals surface area contributed by atoms with Crippen molar-refractivity contribution in [2.75, 3.05) is 18.2 Å². The second-order valence-electron chi connectivity index (χ2n) is 4.56. The highest BCUT2D eigenvalue weighted by Gasteiger charge is 2.27. The molecule has 1 aromatic rings. The highest BCUT2D eigenvalue weighted by atomic mass is 16.5. The molecule has 1 aliphatic rings. The zero-order chi connectivity index (χ0) is 13.1. The summed E-state index contributed by atoms with van der Waals surface area (Å²) in [4.78, 5) is 10.8. The number of anilines is 2. The van der Waals surface area contributed by atoms with Crippen LogP contribution in [0.15, 0.2) is 18.2 Å². The van der Waals surface area contributed by atoms with E-state index in [0.29, 0.717) is 5.69 Å². The number of nitrogens with two attached hydrogens (primary N) is 1. The van der Waals surface area contributed by atoms with Gasteiger partial charge in [-0.2, -0.15) is 0 Å². The molecule has 0 amide bonds. The third kappa shape index (κ3) is 2.56. The van der Waals surface area contributed by atoms with Gasteiger partial charge in [0.25, 0.3) is 0 Å². The average molecular weight is 250 g/mol. The Kier molecular flexibility index (Phi) is 3.72. The van der Waals surface area contributed by atoms with E-state index in [0.717, 1.165) is 24.9 Å². The van der Waals surface area contributed by atoms with E-state index in [1.54, 1.807) is 19.2 Å². The molecule has 2 rings (SSSR count). The molecule has 0 aliphatic heterocycles. The van der Waals surface area contributed by atoms with Crippen LogP contribution in [0, 0.1) is 0 Å². The summed E-state index contributed by atoms with van der Waals surface area (Å²) in [6.45, 7) is 0. The number of hydrogen-bond acceptors (Lipinski definition) is 4. The summed E-state index contributed by atoms with van der Waals surface area (Å²) in [6.07, 6.45) is 3.41. The van der Waals surface area contributed by atoms with E-state index in [9.17, 15) is 4.79 Å². The zero-order valence-electron chi connectivity index (χ0n) is 10.3. The molecular formula is C13H18N2O3. The lowest BCUT2D eigenvalue weighted by molar-refractivity contribution is 0.0697. The lowest BCUT2D eigenvalue weighted by atomic mass is 10.1. The van der Waals surface area contributed by atoms with Gasteiger partial charge in [-0.25, -0.2) is 4.79 Å². The van der Waals surface area contributed by atoms with Crippen molar-refractivity contribution >= 4 is 17.3 Å². The molecule has 0 heterocycles. The van der Waals surface area contributed by atoms with Crippen molar-refractivity contribution in [2.45, 2.75) is 31.4 Å². The number of ether oxygens (including phenoxy) is 1. The van der Waals surface area contributed by atoms with Gasteiger partial charge in [-0.05, 0) is 37.5 Å². The maximum Gasteiger partial charge on any atom is 0.335 e. The molecule has 2 atom stereocenters. The molecule has 1 saturated carbocycles. The van der Waals surface area contributed by atoms with E-state index in [4.69, 9.17) is 15.6 Å². The maximum absolute atomic E-state index is 10.8. The van der Waals surface area contributed by atoms with Gasteiger partial charge < -0.3 is 20.9 Å². The molecule has 0 bridgehead atoms. The Hall–Kier alpha value is -1.75. The van der Waals surface area contributed by atoms with Crippen molar-refractivity contribution in [3.8, 4) is 0 Å². The molecule has 1 aromatic carbocycles. The van der Waals surface area contributed by atoms with Crippen LogP contribution in [0.1, 0.15) is 29.6 Å². The van der Waals surface area contributed by atoms with E-state index in [1.807, 2.05) is 0 Å². The molecule has 98 valence electrons. The van der Waals surface area contributed by atoms with E-state index in [1.165, 1.54) is 6.07 Å². The third-order valence-electron chi connectivity index (χ3n) is 3.39. The molecule has 5 heteroatoms. The summed E-state index contributed by atoms with van der Waals surface area (Å²) in [5, 5.41) is 12.2. The van der Waals surface area contributed by atoms with E-state index in [-0.39, 0.29) is 17.7 Å². The lowest BCUT2D eigenvalue weighted by Gasteiger charge is -2.21. The first-order chi connectivity index (χ1) is 8.61. The van der Waals surface area contributed by atoms with Gasteiger partial charge in [0.1, 0.15) is 0 Å². The molecule has 5 nitrogen and oxygen atoms in total. The molecular weight excluding hydrogens is 232 g/mol. The predicted molar refractivity (Wildman–Crippen MR) is 69.9 cm³/mol. The SMILES string of the molecule is COC1CCCC1Nc1ccc(C(=O)O)cc1N. The summed E-state index contributed by atoms with van der Waals surface area (Å²) in [6, 6.07) is 4.98. The number of carboxylic acids is 1. The van der Waals surface area contributed by atoms with Crippen molar-refractivity contribution < 1.29 is 14.6 Å². The topological polar surface area (TPSA) is 84.6 Å². The van der Waals surface area contributed by atoms with Gasteiger partial charge in [-0.1, -0.05) is 0 Å². The molecule has 0 aromatic heterocycles. The number of aromatic carboxylic acids is 1. The van der Waals surface area contributed by atoms with Gasteiger partial charge >= 0.3 is 5.97 Å². The summed E-state index contributed by atoms with van der Waals surface area (Å²) < 4.78 is 5.40. The van der Waals surface area contributed by atoms with Crippen molar-refractivity contribution in [3.63, 3.8) is 0 Å². The smallest absolute Gasteiger partial charge is 0.335 e. The highest BCUT2D eigenvalue weighted by molar-refractivity contribution is 5.90. The number of nitrogen functional groups attached to an aromatic ring is 1. The minimum absolute atomic E-state index is 0.198. The summed E-state index contributed by atoms with van der Waals surface area (Å²) in [5.74, 6) is -0.969. The number of carboxylic acid groups (broad SMARTS) is 1. The monoisotopic (exact) mass is 250 g/mol. The number of nitrogens with one attached hydrogen (secondary N) is 1. The number of hydrogen-bond donors (Lipinski definition) is 3. The van der Waals surface area contributed by atoms with Crippen LogP contribution in [0.3, 0.4) is 0 Å². The molecule has 0 radical (unpaired) electrons. The van der Waals surface area contributed by atoms with Crippen LogP contribution in [-0.2, 0) is 4.74 Å². The number of rotatable bonds is 4. The van der Waals surface area contributed by atoms with Gasteiger partial charge in [0, 0.05) is 7.11 Å². The van der Waals surface area contributed by atoms with Crippen molar-refractivity contribution in [1.82, 2.24) is 0 Å². The lowest BCUT2D eigenvalue weighted by Crippen LogP contribution is -2.30. The number of methoxy groups -OCH3 is 1. The van der Waals surface area contributed by atoms with Crippen LogP contribution in [0.4, 0.5) is 11.4 Å². The molecule has 0 spiro atoms. The molecule has 4 N–H and O–H groups in total. The van der Waals surface area contributed by atoms with Crippen LogP contribution >= 0.6 is 0 Å².